The molecule has 0 saturated heterocycles. The third kappa shape index (κ3) is 1.88. The lowest BCUT2D eigenvalue weighted by molar-refractivity contribution is 0.379. The topological polar surface area (TPSA) is 43.8 Å². The number of nitrogen functional groups attached to an aromatic ring is 1. The first kappa shape index (κ1) is 11.6. The summed E-state index contributed by atoms with van der Waals surface area (Å²) in [4.78, 5) is 4.83. The number of hydrogen-bond acceptors (Lipinski definition) is 2. The van der Waals surface area contributed by atoms with E-state index in [1.165, 1.54) is 30.6 Å². The molecule has 1 saturated carbocycles. The molecule has 3 heteroatoms. The van der Waals surface area contributed by atoms with E-state index in [-0.39, 0.29) is 0 Å². The van der Waals surface area contributed by atoms with Crippen molar-refractivity contribution < 1.29 is 0 Å². The molecular weight excluding hydrogens is 222 g/mol. The van der Waals surface area contributed by atoms with Crippen LogP contribution in [0.2, 0.25) is 0 Å². The second-order valence-corrected chi connectivity index (χ2v) is 5.85. The summed E-state index contributed by atoms with van der Waals surface area (Å²) >= 11 is 0. The molecule has 0 unspecified atom stereocenters. The maximum absolute atomic E-state index is 5.86. The molecule has 96 valence electrons. The smallest absolute Gasteiger partial charge is 0.112 e. The van der Waals surface area contributed by atoms with Crippen molar-refractivity contribution in [1.82, 2.24) is 9.55 Å². The van der Waals surface area contributed by atoms with E-state index in [1.807, 2.05) is 12.1 Å². The van der Waals surface area contributed by atoms with Gasteiger partial charge in [0.15, 0.2) is 0 Å². The van der Waals surface area contributed by atoms with Crippen molar-refractivity contribution in [2.75, 3.05) is 5.73 Å². The van der Waals surface area contributed by atoms with Crippen LogP contribution in [-0.4, -0.2) is 9.55 Å². The van der Waals surface area contributed by atoms with E-state index in [4.69, 9.17) is 10.7 Å². The number of rotatable bonds is 3. The third-order valence-electron chi connectivity index (χ3n) is 3.82. The van der Waals surface area contributed by atoms with Gasteiger partial charge in [0.25, 0.3) is 0 Å². The van der Waals surface area contributed by atoms with Gasteiger partial charge in [-0.05, 0) is 37.0 Å². The van der Waals surface area contributed by atoms with Crippen molar-refractivity contribution in [2.45, 2.75) is 45.6 Å². The minimum absolute atomic E-state index is 0.638. The van der Waals surface area contributed by atoms with E-state index in [1.54, 1.807) is 0 Å². The van der Waals surface area contributed by atoms with E-state index in [2.05, 4.69) is 24.5 Å². The summed E-state index contributed by atoms with van der Waals surface area (Å²) in [6, 6.07) is 6.09. The largest absolute Gasteiger partial charge is 0.399 e. The van der Waals surface area contributed by atoms with Gasteiger partial charge in [-0.25, -0.2) is 4.98 Å². The SMILES string of the molecule is CC(C)Cn1c(C2CCC2)nc2cc(N)ccc21. The Morgan fingerprint density at radius 1 is 1.39 bits per heavy atom. The fourth-order valence-corrected chi connectivity index (χ4v) is 2.70. The molecule has 1 aliphatic rings. The Kier molecular flexibility index (Phi) is 2.77. The molecule has 1 aromatic carbocycles. The molecule has 3 nitrogen and oxygen atoms in total. The quantitative estimate of drug-likeness (QED) is 0.838. The molecule has 1 aliphatic carbocycles. The third-order valence-corrected chi connectivity index (χ3v) is 3.82. The first-order valence-electron chi connectivity index (χ1n) is 6.91. The van der Waals surface area contributed by atoms with Crippen molar-refractivity contribution >= 4 is 16.7 Å². The van der Waals surface area contributed by atoms with Gasteiger partial charge in [-0.1, -0.05) is 20.3 Å². The molecule has 1 heterocycles. The minimum atomic E-state index is 0.638. The van der Waals surface area contributed by atoms with Gasteiger partial charge >= 0.3 is 0 Å². The summed E-state index contributed by atoms with van der Waals surface area (Å²) < 4.78 is 2.41. The molecule has 1 aromatic heterocycles. The van der Waals surface area contributed by atoms with Gasteiger partial charge in [0, 0.05) is 18.2 Å². The van der Waals surface area contributed by atoms with Crippen LogP contribution in [0.3, 0.4) is 0 Å². The van der Waals surface area contributed by atoms with Crippen LogP contribution < -0.4 is 5.73 Å². The van der Waals surface area contributed by atoms with Crippen LogP contribution in [0.25, 0.3) is 11.0 Å². The molecule has 0 atom stereocenters. The molecule has 0 aliphatic heterocycles. The minimum Gasteiger partial charge on any atom is -0.399 e. The number of imidazole rings is 1. The molecular formula is C15H21N3. The molecule has 3 rings (SSSR count). The van der Waals surface area contributed by atoms with Crippen LogP contribution in [0, 0.1) is 5.92 Å². The highest BCUT2D eigenvalue weighted by atomic mass is 15.1. The van der Waals surface area contributed by atoms with E-state index in [0.29, 0.717) is 11.8 Å². The van der Waals surface area contributed by atoms with Crippen LogP contribution in [0.15, 0.2) is 18.2 Å². The average molecular weight is 243 g/mol. The monoisotopic (exact) mass is 243 g/mol. The highest BCUT2D eigenvalue weighted by molar-refractivity contribution is 5.79. The second-order valence-electron chi connectivity index (χ2n) is 5.85. The first-order chi connectivity index (χ1) is 8.65. The van der Waals surface area contributed by atoms with Crippen LogP contribution >= 0.6 is 0 Å². The van der Waals surface area contributed by atoms with Gasteiger partial charge in [0.1, 0.15) is 5.82 Å². The summed E-state index contributed by atoms with van der Waals surface area (Å²) in [6.45, 7) is 5.56. The van der Waals surface area contributed by atoms with Crippen LogP contribution in [0.1, 0.15) is 44.9 Å². The van der Waals surface area contributed by atoms with Gasteiger partial charge < -0.3 is 10.3 Å². The zero-order valence-electron chi connectivity index (χ0n) is 11.2. The van der Waals surface area contributed by atoms with Crippen molar-refractivity contribution in [3.05, 3.63) is 24.0 Å². The molecule has 18 heavy (non-hydrogen) atoms. The molecule has 1 fully saturated rings. The normalized spacial score (nSPS) is 16.4. The van der Waals surface area contributed by atoms with Crippen LogP contribution in [0.4, 0.5) is 5.69 Å². The van der Waals surface area contributed by atoms with Crippen molar-refractivity contribution in [2.24, 2.45) is 5.92 Å². The van der Waals surface area contributed by atoms with E-state index >= 15 is 0 Å². The summed E-state index contributed by atoms with van der Waals surface area (Å²) in [6.07, 6.45) is 3.92. The molecule has 0 spiro atoms. The van der Waals surface area contributed by atoms with E-state index in [9.17, 15) is 0 Å². The van der Waals surface area contributed by atoms with Crippen molar-refractivity contribution in [1.29, 1.82) is 0 Å². The average Bonchev–Trinajstić information content (AvgIpc) is 2.53. The number of benzene rings is 1. The van der Waals surface area contributed by atoms with Gasteiger partial charge in [0.05, 0.1) is 11.0 Å². The maximum atomic E-state index is 5.86. The Morgan fingerprint density at radius 2 is 2.17 bits per heavy atom. The van der Waals surface area contributed by atoms with E-state index in [0.717, 1.165) is 17.7 Å². The molecule has 0 amide bonds. The Balaban J connectivity index is 2.13. The zero-order valence-corrected chi connectivity index (χ0v) is 11.2. The number of nitrogens with two attached hydrogens (primary N) is 1. The predicted octanol–water partition coefficient (Wildman–Crippen LogP) is 3.54. The fraction of sp³-hybridized carbons (Fsp3) is 0.533. The van der Waals surface area contributed by atoms with Crippen molar-refractivity contribution in [3.63, 3.8) is 0 Å². The lowest BCUT2D eigenvalue weighted by Crippen LogP contribution is -2.17. The van der Waals surface area contributed by atoms with Gasteiger partial charge in [-0.15, -0.1) is 0 Å². The lowest BCUT2D eigenvalue weighted by Gasteiger charge is -2.26. The fourth-order valence-electron chi connectivity index (χ4n) is 2.70. The Morgan fingerprint density at radius 3 is 2.78 bits per heavy atom. The maximum Gasteiger partial charge on any atom is 0.112 e. The Hall–Kier alpha value is -1.51. The summed E-state index contributed by atoms with van der Waals surface area (Å²) in [5.74, 6) is 2.58. The number of aromatic nitrogens is 2. The molecule has 0 radical (unpaired) electrons. The highest BCUT2D eigenvalue weighted by Crippen LogP contribution is 2.37. The van der Waals surface area contributed by atoms with Crippen LogP contribution in [0.5, 0.6) is 0 Å². The highest BCUT2D eigenvalue weighted by Gasteiger charge is 2.25. The lowest BCUT2D eigenvalue weighted by atomic mass is 9.85. The van der Waals surface area contributed by atoms with E-state index < -0.39 is 0 Å². The molecule has 0 bridgehead atoms. The molecule has 2 N–H and O–H groups in total. The first-order valence-corrected chi connectivity index (χ1v) is 6.91. The molecule has 2 aromatic rings. The Bertz CT molecular complexity index is 564. The predicted molar refractivity (Wildman–Crippen MR) is 75.6 cm³/mol. The van der Waals surface area contributed by atoms with Crippen LogP contribution in [-0.2, 0) is 6.54 Å². The summed E-state index contributed by atoms with van der Waals surface area (Å²) in [5.41, 5.74) is 8.95. The number of anilines is 1. The van der Waals surface area contributed by atoms with Gasteiger partial charge in [-0.3, -0.25) is 0 Å². The number of hydrogen-bond donors (Lipinski definition) is 1. The standard InChI is InChI=1S/C15H21N3/c1-10(2)9-18-14-7-6-12(16)8-13(14)17-15(18)11-4-3-5-11/h6-8,10-11H,3-5,9,16H2,1-2H3. The summed E-state index contributed by atoms with van der Waals surface area (Å²) in [5, 5.41) is 0. The summed E-state index contributed by atoms with van der Waals surface area (Å²) in [7, 11) is 0. The number of fused-ring (bicyclic) bond motifs is 1. The zero-order chi connectivity index (χ0) is 12.7. The van der Waals surface area contributed by atoms with Gasteiger partial charge in [-0.2, -0.15) is 0 Å². The number of nitrogens with zero attached hydrogens (tertiary/aromatic N) is 2. The van der Waals surface area contributed by atoms with Gasteiger partial charge in [0.2, 0.25) is 0 Å². The Labute approximate surface area is 108 Å². The van der Waals surface area contributed by atoms with Crippen molar-refractivity contribution in [3.8, 4) is 0 Å². The second kappa shape index (κ2) is 4.30.